The molecule has 0 amide bonds. The van der Waals surface area contributed by atoms with E-state index in [4.69, 9.17) is 0 Å². The minimum Gasteiger partial charge on any atom is -0.315 e. The molecule has 1 rings (SSSR count). The van der Waals surface area contributed by atoms with Gasteiger partial charge in [0.05, 0.1) is 5.92 Å². The minimum absolute atomic E-state index is 0.183. The number of likely N-dealkylation sites (tertiary alicyclic amines) is 1. The summed E-state index contributed by atoms with van der Waals surface area (Å²) in [5.74, 6) is -1.13. The number of nitrogens with zero attached hydrogens (tertiary/aromatic N) is 1. The van der Waals surface area contributed by atoms with E-state index < -0.39 is 12.1 Å². The van der Waals surface area contributed by atoms with Crippen molar-refractivity contribution in [1.82, 2.24) is 10.2 Å². The Kier molecular flexibility index (Phi) is 6.60. The summed E-state index contributed by atoms with van der Waals surface area (Å²) in [5, 5.41) is 3.34. The van der Waals surface area contributed by atoms with Gasteiger partial charge in [-0.3, -0.25) is 0 Å². The number of nitrogens with one attached hydrogen (secondary N) is 1. The van der Waals surface area contributed by atoms with Gasteiger partial charge in [-0.15, -0.1) is 0 Å². The molecule has 0 aromatic carbocycles. The summed E-state index contributed by atoms with van der Waals surface area (Å²) in [4.78, 5) is 2.01. The van der Waals surface area contributed by atoms with Gasteiger partial charge in [0.15, 0.2) is 0 Å². The van der Waals surface area contributed by atoms with Crippen LogP contribution in [0.5, 0.6) is 0 Å². The fraction of sp³-hybridized carbons (Fsp3) is 1.00. The van der Waals surface area contributed by atoms with E-state index in [9.17, 15) is 13.2 Å². The Morgan fingerprint density at radius 1 is 1.26 bits per heavy atom. The Bertz CT molecular complexity index is 254. The normalized spacial score (nSPS) is 23.8. The largest absolute Gasteiger partial charge is 0.393 e. The van der Waals surface area contributed by atoms with Gasteiger partial charge >= 0.3 is 6.18 Å². The first kappa shape index (κ1) is 16.8. The SMILES string of the molecule is CC(C)NCCCC(C)N1CCCC(C(F)(F)F)C1. The zero-order valence-corrected chi connectivity index (χ0v) is 12.3. The number of piperidine rings is 1. The molecule has 19 heavy (non-hydrogen) atoms. The van der Waals surface area contributed by atoms with Crippen molar-refractivity contribution in [3.63, 3.8) is 0 Å². The van der Waals surface area contributed by atoms with Crippen molar-refractivity contribution >= 4 is 0 Å². The van der Waals surface area contributed by atoms with Gasteiger partial charge in [-0.05, 0) is 45.7 Å². The lowest BCUT2D eigenvalue weighted by Gasteiger charge is -2.37. The number of halogens is 3. The quantitative estimate of drug-likeness (QED) is 0.750. The highest BCUT2D eigenvalue weighted by Crippen LogP contribution is 2.33. The van der Waals surface area contributed by atoms with E-state index >= 15 is 0 Å². The highest BCUT2D eigenvalue weighted by molar-refractivity contribution is 4.81. The molecular formula is C14H27F3N2. The molecule has 1 aliphatic heterocycles. The molecule has 0 bridgehead atoms. The fourth-order valence-electron chi connectivity index (χ4n) is 2.64. The molecule has 0 aromatic heterocycles. The van der Waals surface area contributed by atoms with E-state index in [2.05, 4.69) is 19.2 Å². The third-order valence-corrected chi connectivity index (χ3v) is 3.89. The van der Waals surface area contributed by atoms with Crippen LogP contribution in [0.3, 0.4) is 0 Å². The van der Waals surface area contributed by atoms with Crippen molar-refractivity contribution in [2.24, 2.45) is 5.92 Å². The topological polar surface area (TPSA) is 15.3 Å². The molecule has 0 saturated carbocycles. The van der Waals surface area contributed by atoms with Crippen LogP contribution in [0.15, 0.2) is 0 Å². The summed E-state index contributed by atoms with van der Waals surface area (Å²) in [6.07, 6.45) is -1.09. The van der Waals surface area contributed by atoms with Crippen molar-refractivity contribution in [2.75, 3.05) is 19.6 Å². The monoisotopic (exact) mass is 280 g/mol. The molecule has 0 spiro atoms. The highest BCUT2D eigenvalue weighted by Gasteiger charge is 2.42. The summed E-state index contributed by atoms with van der Waals surface area (Å²) >= 11 is 0. The van der Waals surface area contributed by atoms with Gasteiger partial charge in [-0.1, -0.05) is 13.8 Å². The van der Waals surface area contributed by atoms with Crippen LogP contribution >= 0.6 is 0 Å². The molecule has 0 aliphatic carbocycles. The molecule has 1 saturated heterocycles. The standard InChI is InChI=1S/C14H27F3N2/c1-11(2)18-8-4-6-12(3)19-9-5-7-13(10-19)14(15,16)17/h11-13,18H,4-10H2,1-3H3. The lowest BCUT2D eigenvalue weighted by molar-refractivity contribution is -0.188. The van der Waals surface area contributed by atoms with Gasteiger partial charge < -0.3 is 10.2 Å². The predicted molar refractivity (Wildman–Crippen MR) is 72.2 cm³/mol. The Hall–Kier alpha value is -0.290. The van der Waals surface area contributed by atoms with E-state index in [0.29, 0.717) is 18.9 Å². The van der Waals surface area contributed by atoms with E-state index in [1.54, 1.807) is 0 Å². The average molecular weight is 280 g/mol. The van der Waals surface area contributed by atoms with Gasteiger partial charge in [-0.2, -0.15) is 13.2 Å². The van der Waals surface area contributed by atoms with E-state index in [-0.39, 0.29) is 12.6 Å². The van der Waals surface area contributed by atoms with Gasteiger partial charge in [0.1, 0.15) is 0 Å². The van der Waals surface area contributed by atoms with Crippen LogP contribution in [0.25, 0.3) is 0 Å². The van der Waals surface area contributed by atoms with E-state index in [1.807, 2.05) is 11.8 Å². The summed E-state index contributed by atoms with van der Waals surface area (Å²) in [6.45, 7) is 8.18. The maximum atomic E-state index is 12.7. The summed E-state index contributed by atoms with van der Waals surface area (Å²) in [6, 6.07) is 0.721. The van der Waals surface area contributed by atoms with Crippen LogP contribution < -0.4 is 5.32 Å². The molecule has 1 N–H and O–H groups in total. The van der Waals surface area contributed by atoms with Crippen LogP contribution in [0.4, 0.5) is 13.2 Å². The lowest BCUT2D eigenvalue weighted by Crippen LogP contribution is -2.45. The number of rotatable bonds is 6. The molecule has 114 valence electrons. The second kappa shape index (κ2) is 7.48. The second-order valence-electron chi connectivity index (χ2n) is 5.98. The first-order valence-corrected chi connectivity index (χ1v) is 7.35. The summed E-state index contributed by atoms with van der Waals surface area (Å²) in [5.41, 5.74) is 0. The molecule has 1 aliphatic rings. The first-order chi connectivity index (χ1) is 8.80. The molecule has 2 nitrogen and oxygen atoms in total. The van der Waals surface area contributed by atoms with E-state index in [1.165, 1.54) is 0 Å². The Balaban J connectivity index is 2.30. The molecule has 1 fully saturated rings. The summed E-state index contributed by atoms with van der Waals surface area (Å²) in [7, 11) is 0. The van der Waals surface area contributed by atoms with Crippen LogP contribution in [0.2, 0.25) is 0 Å². The van der Waals surface area contributed by atoms with Crippen molar-refractivity contribution in [1.29, 1.82) is 0 Å². The molecular weight excluding hydrogens is 253 g/mol. The molecule has 5 heteroatoms. The fourth-order valence-corrected chi connectivity index (χ4v) is 2.64. The zero-order chi connectivity index (χ0) is 14.5. The van der Waals surface area contributed by atoms with Gasteiger partial charge in [-0.25, -0.2) is 0 Å². The van der Waals surface area contributed by atoms with Gasteiger partial charge in [0.25, 0.3) is 0 Å². The summed E-state index contributed by atoms with van der Waals surface area (Å²) < 4.78 is 38.2. The van der Waals surface area contributed by atoms with Crippen LogP contribution in [-0.4, -0.2) is 42.8 Å². The van der Waals surface area contributed by atoms with Crippen molar-refractivity contribution in [3.8, 4) is 0 Å². The predicted octanol–water partition coefficient (Wildman–Crippen LogP) is 3.43. The number of hydrogen-bond donors (Lipinski definition) is 1. The van der Waals surface area contributed by atoms with E-state index in [0.717, 1.165) is 25.9 Å². The molecule has 1 heterocycles. The third-order valence-electron chi connectivity index (χ3n) is 3.89. The Morgan fingerprint density at radius 3 is 2.53 bits per heavy atom. The maximum absolute atomic E-state index is 12.7. The minimum atomic E-state index is -4.03. The smallest absolute Gasteiger partial charge is 0.315 e. The molecule has 0 radical (unpaired) electrons. The number of alkyl halides is 3. The molecule has 0 aromatic rings. The lowest BCUT2D eigenvalue weighted by atomic mass is 9.95. The van der Waals surface area contributed by atoms with Crippen molar-refractivity contribution in [3.05, 3.63) is 0 Å². The van der Waals surface area contributed by atoms with Crippen LogP contribution in [-0.2, 0) is 0 Å². The average Bonchev–Trinajstić information content (AvgIpc) is 2.33. The van der Waals surface area contributed by atoms with Crippen molar-refractivity contribution < 1.29 is 13.2 Å². The molecule has 2 unspecified atom stereocenters. The van der Waals surface area contributed by atoms with Gasteiger partial charge in [0.2, 0.25) is 0 Å². The maximum Gasteiger partial charge on any atom is 0.393 e. The van der Waals surface area contributed by atoms with Crippen LogP contribution in [0, 0.1) is 5.92 Å². The Labute approximate surface area is 114 Å². The number of hydrogen-bond acceptors (Lipinski definition) is 2. The zero-order valence-electron chi connectivity index (χ0n) is 12.3. The van der Waals surface area contributed by atoms with Crippen molar-refractivity contribution in [2.45, 2.75) is 64.7 Å². The molecule has 2 atom stereocenters. The first-order valence-electron chi connectivity index (χ1n) is 7.35. The second-order valence-corrected chi connectivity index (χ2v) is 5.98. The van der Waals surface area contributed by atoms with Gasteiger partial charge in [0, 0.05) is 18.6 Å². The Morgan fingerprint density at radius 2 is 1.95 bits per heavy atom. The highest BCUT2D eigenvalue weighted by atomic mass is 19.4. The van der Waals surface area contributed by atoms with Crippen LogP contribution in [0.1, 0.15) is 46.5 Å². The third kappa shape index (κ3) is 6.13.